The molecule has 0 spiro atoms. The monoisotopic (exact) mass is 374 g/mol. The molecule has 0 atom stereocenters. The van der Waals surface area contributed by atoms with E-state index in [1.54, 1.807) is 0 Å². The number of rotatable bonds is 3. The Balaban J connectivity index is 2.15. The van der Waals surface area contributed by atoms with Crippen molar-refractivity contribution >= 4 is 23.4 Å². The molecule has 0 aliphatic rings. The summed E-state index contributed by atoms with van der Waals surface area (Å²) in [6.45, 7) is 0. The minimum absolute atomic E-state index is 0.464. The van der Waals surface area contributed by atoms with E-state index in [-0.39, 0.29) is 0 Å². The van der Waals surface area contributed by atoms with Crippen molar-refractivity contribution in [3.8, 4) is 5.75 Å². The zero-order chi connectivity index (χ0) is 19.2. The van der Waals surface area contributed by atoms with E-state index in [0.29, 0.717) is 12.1 Å². The summed E-state index contributed by atoms with van der Waals surface area (Å²) in [5, 5.41) is 8.22. The van der Waals surface area contributed by atoms with Crippen molar-refractivity contribution in [3.63, 3.8) is 0 Å². The summed E-state index contributed by atoms with van der Waals surface area (Å²) in [5.41, 5.74) is -1.23. The molecule has 0 unspecified atom stereocenters. The lowest BCUT2D eigenvalue weighted by molar-refractivity contribution is 0.410. The highest BCUT2D eigenvalue weighted by atomic mass is 19.2. The summed E-state index contributed by atoms with van der Waals surface area (Å²) < 4.78 is 99.9. The molecule has 1 N–H and O–H groups in total. The van der Waals surface area contributed by atoms with E-state index in [1.165, 1.54) is 0 Å². The summed E-state index contributed by atoms with van der Waals surface area (Å²) >= 11 is 0. The molecule has 26 heavy (non-hydrogen) atoms. The minimum atomic E-state index is -2.48. The Morgan fingerprint density at radius 3 is 2.00 bits per heavy atom. The Kier molecular flexibility index (Phi) is 4.53. The van der Waals surface area contributed by atoms with Gasteiger partial charge in [-0.05, 0) is 18.2 Å². The molecule has 0 heterocycles. The zero-order valence-corrected chi connectivity index (χ0v) is 12.5. The fourth-order valence-electron chi connectivity index (χ4n) is 2.41. The van der Waals surface area contributed by atoms with Gasteiger partial charge >= 0.3 is 7.12 Å². The molecule has 10 heteroatoms. The third kappa shape index (κ3) is 2.76. The van der Waals surface area contributed by atoms with E-state index >= 15 is 0 Å². The van der Waals surface area contributed by atoms with Gasteiger partial charge in [0.15, 0.2) is 34.9 Å². The van der Waals surface area contributed by atoms with Crippen LogP contribution < -0.4 is 10.1 Å². The fourth-order valence-corrected chi connectivity index (χ4v) is 2.41. The van der Waals surface area contributed by atoms with Crippen LogP contribution in [0, 0.1) is 40.7 Å². The molecule has 0 amide bonds. The van der Waals surface area contributed by atoms with Crippen LogP contribution in [0.4, 0.5) is 30.7 Å². The maximum absolute atomic E-state index is 14.0. The van der Waals surface area contributed by atoms with Crippen LogP contribution in [0.15, 0.2) is 30.3 Å². The van der Waals surface area contributed by atoms with Gasteiger partial charge in [-0.3, -0.25) is 0 Å². The van der Waals surface area contributed by atoms with Gasteiger partial charge in [0, 0.05) is 5.39 Å². The average Bonchev–Trinajstić information content (AvgIpc) is 2.61. The van der Waals surface area contributed by atoms with Crippen molar-refractivity contribution in [2.45, 2.75) is 0 Å². The summed E-state index contributed by atoms with van der Waals surface area (Å²) in [5.74, 6) is -13.1. The number of halogens is 7. The van der Waals surface area contributed by atoms with Crippen LogP contribution in [0.3, 0.4) is 0 Å². The number of fused-ring (bicyclic) bond motifs is 1. The van der Waals surface area contributed by atoms with E-state index < -0.39 is 69.8 Å². The molecule has 0 aromatic heterocycles. The van der Waals surface area contributed by atoms with E-state index in [4.69, 9.17) is 4.65 Å². The van der Waals surface area contributed by atoms with Crippen LogP contribution in [-0.2, 0) is 0 Å². The molecular formula is C16H6BF7O2. The van der Waals surface area contributed by atoms with Gasteiger partial charge in [-0.1, -0.05) is 12.1 Å². The van der Waals surface area contributed by atoms with Crippen LogP contribution in [0.25, 0.3) is 10.8 Å². The van der Waals surface area contributed by atoms with Gasteiger partial charge in [0.05, 0.1) is 10.8 Å². The van der Waals surface area contributed by atoms with Gasteiger partial charge in [-0.15, -0.1) is 0 Å². The Morgan fingerprint density at radius 2 is 1.31 bits per heavy atom. The van der Waals surface area contributed by atoms with Crippen molar-refractivity contribution in [2.75, 3.05) is 0 Å². The number of hydrogen-bond donors (Lipinski definition) is 1. The normalized spacial score (nSPS) is 11.1. The predicted molar refractivity (Wildman–Crippen MR) is 78.3 cm³/mol. The van der Waals surface area contributed by atoms with E-state index in [1.807, 2.05) is 0 Å². The standard InChI is InChI=1S/C16H6BF7O2/c18-7-4-5-8(19)13(21)11(7)17(25)26-9-3-1-2-6-10(9)14(22)16(24)15(23)12(6)20/h1-5,25H. The first-order valence-electron chi connectivity index (χ1n) is 6.96. The summed E-state index contributed by atoms with van der Waals surface area (Å²) in [6.07, 6.45) is 0. The van der Waals surface area contributed by atoms with Crippen LogP contribution in [0.2, 0.25) is 0 Å². The van der Waals surface area contributed by atoms with Gasteiger partial charge in [-0.25, -0.2) is 30.7 Å². The molecule has 0 bridgehead atoms. The molecule has 0 saturated heterocycles. The third-order valence-electron chi connectivity index (χ3n) is 3.63. The van der Waals surface area contributed by atoms with Gasteiger partial charge in [0.25, 0.3) is 0 Å². The minimum Gasteiger partial charge on any atom is -0.532 e. The maximum Gasteiger partial charge on any atom is 0.566 e. The largest absolute Gasteiger partial charge is 0.566 e. The van der Waals surface area contributed by atoms with Crippen molar-refractivity contribution in [3.05, 3.63) is 71.1 Å². The molecule has 0 fully saturated rings. The van der Waals surface area contributed by atoms with Gasteiger partial charge in [0.2, 0.25) is 0 Å². The fraction of sp³-hybridized carbons (Fsp3) is 0. The zero-order valence-electron chi connectivity index (χ0n) is 12.5. The van der Waals surface area contributed by atoms with Crippen molar-refractivity contribution in [1.82, 2.24) is 0 Å². The Labute approximate surface area is 141 Å². The molecule has 134 valence electrons. The highest BCUT2D eigenvalue weighted by Gasteiger charge is 2.31. The summed E-state index contributed by atoms with van der Waals surface area (Å²) in [7, 11) is -2.48. The van der Waals surface area contributed by atoms with E-state index in [9.17, 15) is 35.8 Å². The molecule has 3 aromatic carbocycles. The topological polar surface area (TPSA) is 29.5 Å². The first kappa shape index (κ1) is 18.1. The first-order chi connectivity index (χ1) is 12.2. The van der Waals surface area contributed by atoms with Gasteiger partial charge < -0.3 is 9.68 Å². The molecular weight excluding hydrogens is 368 g/mol. The summed E-state index contributed by atoms with van der Waals surface area (Å²) in [4.78, 5) is 0. The highest BCUT2D eigenvalue weighted by molar-refractivity contribution is 6.61. The van der Waals surface area contributed by atoms with E-state index in [2.05, 4.69) is 0 Å². The second kappa shape index (κ2) is 6.52. The second-order valence-electron chi connectivity index (χ2n) is 5.16. The molecule has 3 aromatic rings. The van der Waals surface area contributed by atoms with Crippen molar-refractivity contribution in [1.29, 1.82) is 0 Å². The molecule has 3 rings (SSSR count). The van der Waals surface area contributed by atoms with Crippen LogP contribution >= 0.6 is 0 Å². The Hall–Kier alpha value is -2.75. The maximum atomic E-state index is 14.0. The molecule has 0 saturated carbocycles. The van der Waals surface area contributed by atoms with Crippen LogP contribution in [-0.4, -0.2) is 12.1 Å². The van der Waals surface area contributed by atoms with Gasteiger partial charge in [-0.2, -0.15) is 0 Å². The predicted octanol–water partition coefficient (Wildman–Crippen LogP) is 3.58. The molecule has 2 nitrogen and oxygen atoms in total. The quantitative estimate of drug-likeness (QED) is 0.329. The molecule has 0 radical (unpaired) electrons. The molecule has 0 aliphatic heterocycles. The smallest absolute Gasteiger partial charge is 0.532 e. The number of benzene rings is 3. The van der Waals surface area contributed by atoms with Crippen LogP contribution in [0.1, 0.15) is 0 Å². The molecule has 0 aliphatic carbocycles. The first-order valence-corrected chi connectivity index (χ1v) is 6.96. The Bertz CT molecular complexity index is 1030. The van der Waals surface area contributed by atoms with Crippen LogP contribution in [0.5, 0.6) is 5.75 Å². The lowest BCUT2D eigenvalue weighted by atomic mass is 9.78. The number of hydrogen-bond acceptors (Lipinski definition) is 2. The van der Waals surface area contributed by atoms with E-state index in [0.717, 1.165) is 18.2 Å². The lowest BCUT2D eigenvalue weighted by Gasteiger charge is -2.15. The van der Waals surface area contributed by atoms with Gasteiger partial charge in [0.1, 0.15) is 11.6 Å². The highest BCUT2D eigenvalue weighted by Crippen LogP contribution is 2.33. The third-order valence-corrected chi connectivity index (χ3v) is 3.63. The lowest BCUT2D eigenvalue weighted by Crippen LogP contribution is -2.41. The Morgan fingerprint density at radius 1 is 0.692 bits per heavy atom. The average molecular weight is 374 g/mol. The van der Waals surface area contributed by atoms with Crippen molar-refractivity contribution < 1.29 is 40.4 Å². The van der Waals surface area contributed by atoms with Crippen molar-refractivity contribution in [2.24, 2.45) is 0 Å². The SMILES string of the molecule is OB(Oc1cccc2c(F)c(F)c(F)c(F)c12)c1c(F)ccc(F)c1F. The second-order valence-corrected chi connectivity index (χ2v) is 5.16. The summed E-state index contributed by atoms with van der Waals surface area (Å²) in [6, 6.07) is 3.84.